The Balaban J connectivity index is 1.19. The van der Waals surface area contributed by atoms with Crippen molar-refractivity contribution in [1.82, 2.24) is 14.7 Å². The Bertz CT molecular complexity index is 876. The molecule has 3 saturated heterocycles. The molecule has 5 rings (SSSR count). The van der Waals surface area contributed by atoms with Crippen molar-refractivity contribution in [3.8, 4) is 0 Å². The van der Waals surface area contributed by atoms with E-state index in [1.165, 1.54) is 11.3 Å². The quantitative estimate of drug-likeness (QED) is 0.746. The van der Waals surface area contributed by atoms with Gasteiger partial charge in [0.15, 0.2) is 0 Å². The number of piperazine rings is 1. The van der Waals surface area contributed by atoms with Crippen molar-refractivity contribution < 1.29 is 14.7 Å². The lowest BCUT2D eigenvalue weighted by molar-refractivity contribution is -0.141. The molecule has 4 fully saturated rings. The highest BCUT2D eigenvalue weighted by atomic mass is 16.3. The normalized spacial score (nSPS) is 30.9. The van der Waals surface area contributed by atoms with Gasteiger partial charge in [-0.05, 0) is 69.6 Å². The molecule has 0 bridgehead atoms. The van der Waals surface area contributed by atoms with E-state index in [1.807, 2.05) is 9.80 Å². The molecule has 1 aromatic rings. The molecule has 1 atom stereocenters. The monoisotopic (exact) mass is 454 g/mol. The van der Waals surface area contributed by atoms with Crippen molar-refractivity contribution in [3.05, 3.63) is 29.8 Å². The van der Waals surface area contributed by atoms with Gasteiger partial charge in [-0.15, -0.1) is 0 Å². The fraction of sp³-hybridized carbons (Fsp3) is 0.692. The molecule has 7 heteroatoms. The van der Waals surface area contributed by atoms with Crippen molar-refractivity contribution in [2.24, 2.45) is 5.41 Å². The fourth-order valence-electron chi connectivity index (χ4n) is 6.42. The van der Waals surface area contributed by atoms with Crippen molar-refractivity contribution >= 4 is 17.6 Å². The van der Waals surface area contributed by atoms with Gasteiger partial charge >= 0.3 is 6.03 Å². The zero-order valence-corrected chi connectivity index (χ0v) is 19.9. The van der Waals surface area contributed by atoms with Gasteiger partial charge in [-0.3, -0.25) is 4.79 Å². The molecule has 3 amide bonds. The Kier molecular flexibility index (Phi) is 6.25. The van der Waals surface area contributed by atoms with Crippen molar-refractivity contribution in [1.29, 1.82) is 0 Å². The number of hydrogen-bond donors (Lipinski definition) is 1. The summed E-state index contributed by atoms with van der Waals surface area (Å²) in [5.74, 6) is 0.255. The van der Waals surface area contributed by atoms with Gasteiger partial charge in [0.2, 0.25) is 5.91 Å². The largest absolute Gasteiger partial charge is 0.393 e. The highest BCUT2D eigenvalue weighted by Crippen LogP contribution is 2.42. The molecule has 1 aliphatic carbocycles. The van der Waals surface area contributed by atoms with Crippen LogP contribution in [0.5, 0.6) is 0 Å². The minimum atomic E-state index is -0.395. The van der Waals surface area contributed by atoms with Crippen molar-refractivity contribution in [2.45, 2.75) is 64.0 Å². The number of aryl methyl sites for hydroxylation is 1. The molecule has 33 heavy (non-hydrogen) atoms. The second-order valence-electron chi connectivity index (χ2n) is 10.6. The first-order valence-corrected chi connectivity index (χ1v) is 12.8. The molecule has 3 heterocycles. The Morgan fingerprint density at radius 1 is 0.970 bits per heavy atom. The van der Waals surface area contributed by atoms with E-state index in [1.54, 1.807) is 0 Å². The number of carbonyl (C=O) groups excluding carboxylic acids is 2. The first-order chi connectivity index (χ1) is 15.9. The number of amides is 3. The molecule has 4 aliphatic rings. The molecule has 0 radical (unpaired) electrons. The lowest BCUT2D eigenvalue weighted by Gasteiger charge is -2.43. The van der Waals surface area contributed by atoms with Crippen LogP contribution >= 0.6 is 0 Å². The van der Waals surface area contributed by atoms with Crippen LogP contribution in [0.2, 0.25) is 0 Å². The van der Waals surface area contributed by atoms with Gasteiger partial charge in [-0.2, -0.15) is 0 Å². The third kappa shape index (κ3) is 4.44. The summed E-state index contributed by atoms with van der Waals surface area (Å²) in [5.41, 5.74) is 2.09. The minimum Gasteiger partial charge on any atom is -0.393 e. The first kappa shape index (κ1) is 22.5. The van der Waals surface area contributed by atoms with Crippen LogP contribution in [-0.4, -0.2) is 89.7 Å². The van der Waals surface area contributed by atoms with E-state index in [2.05, 4.69) is 41.0 Å². The number of piperidine rings is 1. The summed E-state index contributed by atoms with van der Waals surface area (Å²) in [5, 5.41) is 9.84. The van der Waals surface area contributed by atoms with Crippen LogP contribution in [0.15, 0.2) is 24.3 Å². The summed E-state index contributed by atoms with van der Waals surface area (Å²) in [6.45, 7) is 7.36. The number of carbonyl (C=O) groups is 2. The summed E-state index contributed by atoms with van der Waals surface area (Å²) in [7, 11) is 0. The lowest BCUT2D eigenvalue weighted by atomic mass is 9.78. The predicted octanol–water partition coefficient (Wildman–Crippen LogP) is 2.86. The number of aliphatic hydroxyl groups is 1. The van der Waals surface area contributed by atoms with E-state index in [0.717, 1.165) is 84.2 Å². The van der Waals surface area contributed by atoms with Crippen LogP contribution in [0.4, 0.5) is 10.5 Å². The van der Waals surface area contributed by atoms with E-state index >= 15 is 0 Å². The summed E-state index contributed by atoms with van der Waals surface area (Å²) >= 11 is 0. The smallest absolute Gasteiger partial charge is 0.320 e. The molecular weight excluding hydrogens is 416 g/mol. The lowest BCUT2D eigenvalue weighted by Crippen LogP contribution is -2.57. The standard InChI is InChI=1S/C26H38N4O3/c1-20-4-2-5-22(18-20)27-14-16-28(17-15-27)25(33)29-12-3-10-26(19-29)11-13-30(24(26)32)21-6-8-23(31)9-7-21/h2,4-5,18,21,23,31H,3,6-17,19H2,1H3/t21?,23?,26-/m1/s1. The average molecular weight is 455 g/mol. The Labute approximate surface area is 197 Å². The van der Waals surface area contributed by atoms with E-state index in [4.69, 9.17) is 0 Å². The predicted molar refractivity (Wildman–Crippen MR) is 128 cm³/mol. The number of hydrogen-bond acceptors (Lipinski definition) is 4. The maximum absolute atomic E-state index is 13.5. The maximum atomic E-state index is 13.5. The van der Waals surface area contributed by atoms with Gasteiger partial charge in [0.25, 0.3) is 0 Å². The molecule has 1 aromatic carbocycles. The van der Waals surface area contributed by atoms with Gasteiger partial charge in [0.1, 0.15) is 0 Å². The second kappa shape index (κ2) is 9.16. The van der Waals surface area contributed by atoms with E-state index in [9.17, 15) is 14.7 Å². The molecule has 180 valence electrons. The molecule has 3 aliphatic heterocycles. The highest BCUT2D eigenvalue weighted by Gasteiger charge is 2.51. The third-order valence-corrected chi connectivity index (χ3v) is 8.42. The maximum Gasteiger partial charge on any atom is 0.320 e. The SMILES string of the molecule is Cc1cccc(N2CCN(C(=O)N3CCC[C@@]4(CCN(C5CCC(O)CC5)C4=O)C3)CC2)c1. The summed E-state index contributed by atoms with van der Waals surface area (Å²) in [6, 6.07) is 8.91. The Hall–Kier alpha value is -2.28. The summed E-state index contributed by atoms with van der Waals surface area (Å²) < 4.78 is 0. The Morgan fingerprint density at radius 3 is 2.45 bits per heavy atom. The minimum absolute atomic E-state index is 0.102. The van der Waals surface area contributed by atoms with E-state index < -0.39 is 5.41 Å². The molecule has 7 nitrogen and oxygen atoms in total. The van der Waals surface area contributed by atoms with Gasteiger partial charge in [0.05, 0.1) is 11.5 Å². The zero-order chi connectivity index (χ0) is 23.0. The molecule has 0 aromatic heterocycles. The van der Waals surface area contributed by atoms with E-state index in [0.29, 0.717) is 6.54 Å². The summed E-state index contributed by atoms with van der Waals surface area (Å²) in [4.78, 5) is 35.3. The number of aliphatic hydroxyl groups excluding tert-OH is 1. The number of urea groups is 1. The van der Waals surface area contributed by atoms with Gasteiger partial charge in [0, 0.05) is 57.5 Å². The van der Waals surface area contributed by atoms with Crippen LogP contribution in [0.3, 0.4) is 0 Å². The van der Waals surface area contributed by atoms with Crippen LogP contribution in [-0.2, 0) is 4.79 Å². The topological polar surface area (TPSA) is 67.3 Å². The molecule has 1 N–H and O–H groups in total. The molecular formula is C26H38N4O3. The highest BCUT2D eigenvalue weighted by molar-refractivity contribution is 5.86. The number of rotatable bonds is 2. The number of likely N-dealkylation sites (tertiary alicyclic amines) is 2. The van der Waals surface area contributed by atoms with Crippen LogP contribution in [0.1, 0.15) is 50.5 Å². The van der Waals surface area contributed by atoms with Crippen LogP contribution in [0, 0.1) is 12.3 Å². The molecule has 0 unspecified atom stereocenters. The zero-order valence-electron chi connectivity index (χ0n) is 19.9. The fourth-order valence-corrected chi connectivity index (χ4v) is 6.42. The number of nitrogens with zero attached hydrogens (tertiary/aromatic N) is 4. The van der Waals surface area contributed by atoms with Gasteiger partial charge in [-0.1, -0.05) is 12.1 Å². The Morgan fingerprint density at radius 2 is 1.73 bits per heavy atom. The van der Waals surface area contributed by atoms with Crippen molar-refractivity contribution in [3.63, 3.8) is 0 Å². The molecule has 1 spiro atoms. The first-order valence-electron chi connectivity index (χ1n) is 12.8. The number of benzene rings is 1. The van der Waals surface area contributed by atoms with E-state index in [-0.39, 0.29) is 24.1 Å². The average Bonchev–Trinajstić information content (AvgIpc) is 3.14. The third-order valence-electron chi connectivity index (χ3n) is 8.42. The molecule has 1 saturated carbocycles. The van der Waals surface area contributed by atoms with Gasteiger partial charge in [-0.25, -0.2) is 4.79 Å². The number of anilines is 1. The van der Waals surface area contributed by atoms with Gasteiger partial charge < -0.3 is 24.7 Å². The van der Waals surface area contributed by atoms with Crippen molar-refractivity contribution in [2.75, 3.05) is 50.7 Å². The summed E-state index contributed by atoms with van der Waals surface area (Å²) in [6.07, 6.45) is 5.83. The second-order valence-corrected chi connectivity index (χ2v) is 10.6. The van der Waals surface area contributed by atoms with Crippen LogP contribution in [0.25, 0.3) is 0 Å². The van der Waals surface area contributed by atoms with Crippen LogP contribution < -0.4 is 4.90 Å².